The Morgan fingerprint density at radius 3 is 2.84 bits per heavy atom. The molecule has 1 amide bonds. The number of hydrogen-bond donors (Lipinski definition) is 1. The largest absolute Gasteiger partial charge is 0.486 e. The molecule has 0 aliphatic carbocycles. The number of fused-ring (bicyclic) bond motifs is 1. The molecule has 2 rings (SSSR count). The second-order valence-electron chi connectivity index (χ2n) is 4.36. The van der Waals surface area contributed by atoms with E-state index in [9.17, 15) is 4.79 Å². The van der Waals surface area contributed by atoms with Gasteiger partial charge in [-0.15, -0.1) is 11.8 Å². The van der Waals surface area contributed by atoms with Gasteiger partial charge >= 0.3 is 0 Å². The Morgan fingerprint density at radius 1 is 1.37 bits per heavy atom. The molecule has 19 heavy (non-hydrogen) atoms. The van der Waals surface area contributed by atoms with Crippen molar-refractivity contribution in [3.63, 3.8) is 0 Å². The van der Waals surface area contributed by atoms with E-state index in [2.05, 4.69) is 5.32 Å². The van der Waals surface area contributed by atoms with Crippen LogP contribution < -0.4 is 14.8 Å². The third-order valence-corrected chi connectivity index (χ3v) is 3.84. The SMILES string of the molecule is CCCNC(=O)[C@H](C)Sc1ccc2c(c1)OCCO2. The molecule has 1 N–H and O–H groups in total. The van der Waals surface area contributed by atoms with E-state index in [0.29, 0.717) is 13.2 Å². The number of benzene rings is 1. The third kappa shape index (κ3) is 3.80. The molecule has 104 valence electrons. The maximum Gasteiger partial charge on any atom is 0.233 e. The van der Waals surface area contributed by atoms with Crippen LogP contribution in [0, 0.1) is 0 Å². The van der Waals surface area contributed by atoms with Crippen LogP contribution >= 0.6 is 11.8 Å². The van der Waals surface area contributed by atoms with Crippen LogP contribution in [-0.4, -0.2) is 30.9 Å². The van der Waals surface area contributed by atoms with Gasteiger partial charge in [-0.05, 0) is 31.5 Å². The molecule has 1 aliphatic heterocycles. The number of carbonyl (C=O) groups excluding carboxylic acids is 1. The Labute approximate surface area is 117 Å². The first-order chi connectivity index (χ1) is 9.20. The molecule has 0 spiro atoms. The fourth-order valence-corrected chi connectivity index (χ4v) is 2.67. The van der Waals surface area contributed by atoms with Gasteiger partial charge in [0.25, 0.3) is 0 Å². The Kier molecular flexibility index (Phi) is 4.96. The summed E-state index contributed by atoms with van der Waals surface area (Å²) in [6, 6.07) is 5.79. The fourth-order valence-electron chi connectivity index (χ4n) is 1.75. The van der Waals surface area contributed by atoms with Crippen molar-refractivity contribution in [2.75, 3.05) is 19.8 Å². The molecular formula is C14H19NO3S. The van der Waals surface area contributed by atoms with Gasteiger partial charge in [0.2, 0.25) is 5.91 Å². The second kappa shape index (κ2) is 6.70. The summed E-state index contributed by atoms with van der Waals surface area (Å²) in [7, 11) is 0. The molecule has 1 heterocycles. The molecule has 0 radical (unpaired) electrons. The van der Waals surface area contributed by atoms with E-state index in [0.717, 1.165) is 29.4 Å². The van der Waals surface area contributed by atoms with Crippen molar-refractivity contribution in [1.29, 1.82) is 0 Å². The van der Waals surface area contributed by atoms with Crippen molar-refractivity contribution in [1.82, 2.24) is 5.32 Å². The van der Waals surface area contributed by atoms with E-state index in [4.69, 9.17) is 9.47 Å². The van der Waals surface area contributed by atoms with Gasteiger partial charge in [-0.25, -0.2) is 0 Å². The maximum absolute atomic E-state index is 11.8. The molecule has 0 saturated carbocycles. The molecular weight excluding hydrogens is 262 g/mol. The highest BCUT2D eigenvalue weighted by Crippen LogP contribution is 2.35. The predicted octanol–water partition coefficient (Wildman–Crippen LogP) is 2.46. The first-order valence-electron chi connectivity index (χ1n) is 6.54. The van der Waals surface area contributed by atoms with Crippen LogP contribution in [0.5, 0.6) is 11.5 Å². The van der Waals surface area contributed by atoms with Crippen LogP contribution in [-0.2, 0) is 4.79 Å². The average Bonchev–Trinajstić information content (AvgIpc) is 2.44. The quantitative estimate of drug-likeness (QED) is 0.842. The summed E-state index contributed by atoms with van der Waals surface area (Å²) in [6.45, 7) is 5.85. The number of carbonyl (C=O) groups is 1. The van der Waals surface area contributed by atoms with E-state index in [-0.39, 0.29) is 11.2 Å². The minimum Gasteiger partial charge on any atom is -0.486 e. The lowest BCUT2D eigenvalue weighted by molar-refractivity contribution is -0.120. The molecule has 1 atom stereocenters. The van der Waals surface area contributed by atoms with E-state index >= 15 is 0 Å². The van der Waals surface area contributed by atoms with Gasteiger partial charge in [-0.1, -0.05) is 6.92 Å². The van der Waals surface area contributed by atoms with Crippen molar-refractivity contribution >= 4 is 17.7 Å². The van der Waals surface area contributed by atoms with Crippen LogP contribution in [0.15, 0.2) is 23.1 Å². The lowest BCUT2D eigenvalue weighted by atomic mass is 10.3. The molecule has 0 saturated heterocycles. The summed E-state index contributed by atoms with van der Waals surface area (Å²) in [4.78, 5) is 12.8. The van der Waals surface area contributed by atoms with Gasteiger partial charge < -0.3 is 14.8 Å². The number of thioether (sulfide) groups is 1. The van der Waals surface area contributed by atoms with Crippen molar-refractivity contribution in [2.24, 2.45) is 0 Å². The molecule has 4 nitrogen and oxygen atoms in total. The molecule has 0 aromatic heterocycles. The lowest BCUT2D eigenvalue weighted by Gasteiger charge is -2.19. The van der Waals surface area contributed by atoms with Crippen LogP contribution in [0.2, 0.25) is 0 Å². The zero-order chi connectivity index (χ0) is 13.7. The van der Waals surface area contributed by atoms with E-state index < -0.39 is 0 Å². The van der Waals surface area contributed by atoms with Gasteiger partial charge in [-0.3, -0.25) is 4.79 Å². The summed E-state index contributed by atoms with van der Waals surface area (Å²) >= 11 is 1.53. The second-order valence-corrected chi connectivity index (χ2v) is 5.77. The van der Waals surface area contributed by atoms with E-state index in [1.54, 1.807) is 0 Å². The number of nitrogens with one attached hydrogen (secondary N) is 1. The van der Waals surface area contributed by atoms with Crippen LogP contribution in [0.25, 0.3) is 0 Å². The zero-order valence-corrected chi connectivity index (χ0v) is 12.1. The highest BCUT2D eigenvalue weighted by atomic mass is 32.2. The normalized spacial score (nSPS) is 14.8. The highest BCUT2D eigenvalue weighted by Gasteiger charge is 2.16. The smallest absolute Gasteiger partial charge is 0.233 e. The fraction of sp³-hybridized carbons (Fsp3) is 0.500. The standard InChI is InChI=1S/C14H19NO3S/c1-3-6-15-14(16)10(2)19-11-4-5-12-13(9-11)18-8-7-17-12/h4-5,9-10H,3,6-8H2,1-2H3,(H,15,16)/t10-/m0/s1. The molecule has 1 aromatic carbocycles. The summed E-state index contributed by atoms with van der Waals surface area (Å²) < 4.78 is 11.0. The van der Waals surface area contributed by atoms with Crippen molar-refractivity contribution in [2.45, 2.75) is 30.4 Å². The van der Waals surface area contributed by atoms with Gasteiger partial charge in [0.1, 0.15) is 13.2 Å². The zero-order valence-electron chi connectivity index (χ0n) is 11.3. The number of ether oxygens (including phenoxy) is 2. The minimum absolute atomic E-state index is 0.0711. The highest BCUT2D eigenvalue weighted by molar-refractivity contribution is 8.00. The molecule has 1 aromatic rings. The van der Waals surface area contributed by atoms with Gasteiger partial charge in [0.05, 0.1) is 5.25 Å². The van der Waals surface area contributed by atoms with Crippen molar-refractivity contribution in [3.8, 4) is 11.5 Å². The predicted molar refractivity (Wildman–Crippen MR) is 76.1 cm³/mol. The Morgan fingerprint density at radius 2 is 2.11 bits per heavy atom. The number of rotatable bonds is 5. The van der Waals surface area contributed by atoms with E-state index in [1.807, 2.05) is 32.0 Å². The van der Waals surface area contributed by atoms with Gasteiger partial charge in [0.15, 0.2) is 11.5 Å². The molecule has 0 fully saturated rings. The summed E-state index contributed by atoms with van der Waals surface area (Å²) in [5.41, 5.74) is 0. The lowest BCUT2D eigenvalue weighted by Crippen LogP contribution is -2.31. The summed E-state index contributed by atoms with van der Waals surface area (Å²) in [5, 5.41) is 2.78. The minimum atomic E-state index is -0.117. The molecule has 1 aliphatic rings. The van der Waals surface area contributed by atoms with Crippen LogP contribution in [0.4, 0.5) is 0 Å². The van der Waals surface area contributed by atoms with Gasteiger partial charge in [0, 0.05) is 11.4 Å². The molecule has 5 heteroatoms. The van der Waals surface area contributed by atoms with Gasteiger partial charge in [-0.2, -0.15) is 0 Å². The Hall–Kier alpha value is -1.36. The summed E-state index contributed by atoms with van der Waals surface area (Å²) in [6.07, 6.45) is 0.952. The van der Waals surface area contributed by atoms with E-state index in [1.165, 1.54) is 11.8 Å². The topological polar surface area (TPSA) is 47.6 Å². The monoisotopic (exact) mass is 281 g/mol. The summed E-state index contributed by atoms with van der Waals surface area (Å²) in [5.74, 6) is 1.61. The first kappa shape index (κ1) is 14.1. The number of hydrogen-bond acceptors (Lipinski definition) is 4. The number of amides is 1. The van der Waals surface area contributed by atoms with Crippen molar-refractivity contribution < 1.29 is 14.3 Å². The van der Waals surface area contributed by atoms with Crippen LogP contribution in [0.3, 0.4) is 0 Å². The Bertz CT molecular complexity index is 450. The van der Waals surface area contributed by atoms with Crippen molar-refractivity contribution in [3.05, 3.63) is 18.2 Å². The average molecular weight is 281 g/mol. The maximum atomic E-state index is 11.8. The first-order valence-corrected chi connectivity index (χ1v) is 7.42. The molecule has 0 bridgehead atoms. The van der Waals surface area contributed by atoms with Crippen LogP contribution in [0.1, 0.15) is 20.3 Å². The third-order valence-electron chi connectivity index (χ3n) is 2.74. The Balaban J connectivity index is 1.97. The molecule has 0 unspecified atom stereocenters.